The van der Waals surface area contributed by atoms with E-state index in [2.05, 4.69) is 24.5 Å². The second-order valence-electron chi connectivity index (χ2n) is 5.88. The van der Waals surface area contributed by atoms with Crippen LogP contribution in [0, 0.1) is 6.92 Å². The minimum Gasteiger partial charge on any atom is -0.384 e. The van der Waals surface area contributed by atoms with E-state index in [4.69, 9.17) is 10.5 Å². The maximum absolute atomic E-state index is 12.3. The zero-order valence-corrected chi connectivity index (χ0v) is 15.7. The first kappa shape index (κ1) is 18.4. The smallest absolute Gasteiger partial charge is 0.218 e. The molecule has 3 heterocycles. The number of aromatic nitrogens is 5. The molecule has 3 aromatic rings. The van der Waals surface area contributed by atoms with Crippen molar-refractivity contribution in [3.05, 3.63) is 36.0 Å². The normalized spacial score (nSPS) is 12.5. The van der Waals surface area contributed by atoms with Crippen molar-refractivity contribution in [2.75, 3.05) is 25.2 Å². The molecule has 26 heavy (non-hydrogen) atoms. The topological polar surface area (TPSA) is 109 Å². The number of nitrogens with two attached hydrogens (primary N) is 1. The van der Waals surface area contributed by atoms with Gasteiger partial charge in [-0.1, -0.05) is 0 Å². The summed E-state index contributed by atoms with van der Waals surface area (Å²) in [5.74, 6) is 1.79. The third kappa shape index (κ3) is 3.88. The highest BCUT2D eigenvalue weighted by Crippen LogP contribution is 2.24. The van der Waals surface area contributed by atoms with E-state index in [1.807, 2.05) is 6.92 Å². The van der Waals surface area contributed by atoms with Gasteiger partial charge in [0.25, 0.3) is 0 Å². The van der Waals surface area contributed by atoms with E-state index in [9.17, 15) is 4.21 Å². The molecule has 2 N–H and O–H groups in total. The Labute approximate surface area is 154 Å². The van der Waals surface area contributed by atoms with E-state index in [0.29, 0.717) is 48.2 Å². The van der Waals surface area contributed by atoms with Crippen LogP contribution in [0.1, 0.15) is 17.8 Å². The summed E-state index contributed by atoms with van der Waals surface area (Å²) in [4.78, 5) is 17.0. The Morgan fingerprint density at radius 2 is 2.04 bits per heavy atom. The minimum atomic E-state index is -1.22. The standard InChI is InChI=1S/C17H22N6O2S/c1-12-11-21-16(18)14-15(12)23(13(22-14)5-9-25-2)8-4-10-26(24)17-19-6-3-7-20-17/h3,6-7,11H,4-5,8-10H2,1-2H3,(H2,18,21). The first-order valence-electron chi connectivity index (χ1n) is 8.36. The van der Waals surface area contributed by atoms with E-state index in [0.717, 1.165) is 16.9 Å². The van der Waals surface area contributed by atoms with Crippen molar-refractivity contribution in [1.82, 2.24) is 24.5 Å². The molecule has 0 aliphatic carbocycles. The maximum Gasteiger partial charge on any atom is 0.218 e. The summed E-state index contributed by atoms with van der Waals surface area (Å²) >= 11 is 0. The lowest BCUT2D eigenvalue weighted by Crippen LogP contribution is -2.11. The molecule has 0 bridgehead atoms. The van der Waals surface area contributed by atoms with Crippen LogP contribution in [0.3, 0.4) is 0 Å². The summed E-state index contributed by atoms with van der Waals surface area (Å²) in [5, 5.41) is 0.368. The molecule has 0 saturated carbocycles. The van der Waals surface area contributed by atoms with Crippen LogP contribution in [0.2, 0.25) is 0 Å². The van der Waals surface area contributed by atoms with E-state index in [1.165, 1.54) is 0 Å². The first-order valence-corrected chi connectivity index (χ1v) is 9.68. The van der Waals surface area contributed by atoms with Gasteiger partial charge in [0.1, 0.15) is 11.3 Å². The number of aryl methyl sites for hydroxylation is 2. The Kier molecular flexibility index (Phi) is 5.89. The number of nitrogens with zero attached hydrogens (tertiary/aromatic N) is 5. The van der Waals surface area contributed by atoms with Crippen molar-refractivity contribution in [2.45, 2.75) is 31.5 Å². The van der Waals surface area contributed by atoms with Crippen LogP contribution in [0.25, 0.3) is 11.0 Å². The van der Waals surface area contributed by atoms with Crippen molar-refractivity contribution < 1.29 is 8.95 Å². The molecule has 0 aromatic carbocycles. The van der Waals surface area contributed by atoms with Crippen molar-refractivity contribution in [3.63, 3.8) is 0 Å². The Balaban J connectivity index is 1.81. The molecule has 0 saturated heterocycles. The number of imidazole rings is 1. The average Bonchev–Trinajstić information content (AvgIpc) is 3.03. The molecule has 3 aromatic heterocycles. The summed E-state index contributed by atoms with van der Waals surface area (Å²) in [6, 6.07) is 1.71. The number of pyridine rings is 1. The van der Waals surface area contributed by atoms with Crippen LogP contribution in [-0.2, 0) is 28.5 Å². The van der Waals surface area contributed by atoms with Gasteiger partial charge in [0.15, 0.2) is 5.82 Å². The van der Waals surface area contributed by atoms with Crippen LogP contribution in [0.15, 0.2) is 29.8 Å². The second kappa shape index (κ2) is 8.33. The van der Waals surface area contributed by atoms with Gasteiger partial charge >= 0.3 is 0 Å². The Morgan fingerprint density at radius 3 is 2.77 bits per heavy atom. The first-order chi connectivity index (χ1) is 12.6. The summed E-state index contributed by atoms with van der Waals surface area (Å²) in [7, 11) is 0.446. The van der Waals surface area contributed by atoms with Crippen molar-refractivity contribution >= 4 is 27.7 Å². The summed E-state index contributed by atoms with van der Waals surface area (Å²) in [6.07, 6.45) is 6.34. The highest BCUT2D eigenvalue weighted by molar-refractivity contribution is 7.84. The van der Waals surface area contributed by atoms with Gasteiger partial charge in [-0.2, -0.15) is 0 Å². The fourth-order valence-corrected chi connectivity index (χ4v) is 3.77. The van der Waals surface area contributed by atoms with Crippen molar-refractivity contribution in [3.8, 4) is 0 Å². The monoisotopic (exact) mass is 374 g/mol. The molecule has 3 rings (SSSR count). The molecule has 0 amide bonds. The van der Waals surface area contributed by atoms with Gasteiger partial charge in [0, 0.05) is 44.4 Å². The third-order valence-corrected chi connectivity index (χ3v) is 5.32. The van der Waals surface area contributed by atoms with Crippen LogP contribution >= 0.6 is 0 Å². The SMILES string of the molecule is COCCc1nc2c(N)ncc(C)c2n1CCCS(=O)c1ncccn1. The van der Waals surface area contributed by atoms with Gasteiger partial charge in [-0.25, -0.2) is 19.9 Å². The van der Waals surface area contributed by atoms with Crippen LogP contribution in [0.5, 0.6) is 0 Å². The fourth-order valence-electron chi connectivity index (χ4n) is 2.84. The number of ether oxygens (including phenoxy) is 1. The quantitative estimate of drug-likeness (QED) is 0.595. The zero-order valence-electron chi connectivity index (χ0n) is 14.9. The van der Waals surface area contributed by atoms with Crippen molar-refractivity contribution in [2.24, 2.45) is 0 Å². The number of nitrogen functional groups attached to an aromatic ring is 1. The Bertz CT molecular complexity index is 913. The zero-order chi connectivity index (χ0) is 18.5. The number of hydrogen-bond acceptors (Lipinski definition) is 7. The molecule has 8 nitrogen and oxygen atoms in total. The van der Waals surface area contributed by atoms with Gasteiger partial charge in [0.05, 0.1) is 22.9 Å². The molecule has 0 aliphatic heterocycles. The highest BCUT2D eigenvalue weighted by atomic mass is 32.2. The Morgan fingerprint density at radius 1 is 1.27 bits per heavy atom. The number of rotatable bonds is 8. The molecule has 138 valence electrons. The largest absolute Gasteiger partial charge is 0.384 e. The Hall–Kier alpha value is -2.39. The molecular weight excluding hydrogens is 352 g/mol. The lowest BCUT2D eigenvalue weighted by molar-refractivity contribution is 0.199. The van der Waals surface area contributed by atoms with Crippen LogP contribution in [-0.4, -0.2) is 48.2 Å². The maximum atomic E-state index is 12.3. The van der Waals surface area contributed by atoms with Gasteiger partial charge in [-0.05, 0) is 25.0 Å². The molecule has 1 unspecified atom stereocenters. The van der Waals surface area contributed by atoms with Gasteiger partial charge in [0.2, 0.25) is 5.16 Å². The second-order valence-corrected chi connectivity index (χ2v) is 7.35. The van der Waals surface area contributed by atoms with E-state index in [1.54, 1.807) is 31.8 Å². The molecule has 0 spiro atoms. The fraction of sp³-hybridized carbons (Fsp3) is 0.412. The minimum absolute atomic E-state index is 0.368. The molecular formula is C17H22N6O2S. The summed E-state index contributed by atoms with van der Waals surface area (Å²) in [6.45, 7) is 3.24. The summed E-state index contributed by atoms with van der Waals surface area (Å²) < 4.78 is 19.6. The molecule has 1 atom stereocenters. The van der Waals surface area contributed by atoms with Gasteiger partial charge in [-0.15, -0.1) is 0 Å². The third-order valence-electron chi connectivity index (χ3n) is 4.05. The van der Waals surface area contributed by atoms with Crippen LogP contribution < -0.4 is 5.73 Å². The molecule has 0 aliphatic rings. The van der Waals surface area contributed by atoms with E-state index < -0.39 is 10.8 Å². The molecule has 9 heteroatoms. The van der Waals surface area contributed by atoms with Gasteiger partial charge < -0.3 is 15.0 Å². The number of methoxy groups -OCH3 is 1. The summed E-state index contributed by atoms with van der Waals surface area (Å²) in [5.41, 5.74) is 8.71. The number of fused-ring (bicyclic) bond motifs is 1. The molecule has 0 radical (unpaired) electrons. The van der Waals surface area contributed by atoms with Crippen molar-refractivity contribution in [1.29, 1.82) is 0 Å². The molecule has 0 fully saturated rings. The average molecular weight is 374 g/mol. The van der Waals surface area contributed by atoms with Gasteiger partial charge in [-0.3, -0.25) is 4.21 Å². The number of anilines is 1. The highest BCUT2D eigenvalue weighted by Gasteiger charge is 2.16. The van der Waals surface area contributed by atoms with Crippen LogP contribution in [0.4, 0.5) is 5.82 Å². The van der Waals surface area contributed by atoms with E-state index >= 15 is 0 Å². The lowest BCUT2D eigenvalue weighted by Gasteiger charge is -2.10. The predicted octanol–water partition coefficient (Wildman–Crippen LogP) is 1.50. The predicted molar refractivity (Wildman–Crippen MR) is 100 cm³/mol. The lowest BCUT2D eigenvalue weighted by atomic mass is 10.2. The number of hydrogen-bond donors (Lipinski definition) is 1. The van der Waals surface area contributed by atoms with E-state index in [-0.39, 0.29) is 0 Å².